The van der Waals surface area contributed by atoms with Crippen molar-refractivity contribution in [3.63, 3.8) is 0 Å². The molecule has 1 aliphatic rings. The third-order valence-corrected chi connectivity index (χ3v) is 3.32. The Bertz CT molecular complexity index is 506. The van der Waals surface area contributed by atoms with E-state index in [1.165, 1.54) is 19.1 Å². The molecule has 0 aliphatic carbocycles. The molecule has 2 atom stereocenters. The quantitative estimate of drug-likeness (QED) is 0.757. The van der Waals surface area contributed by atoms with Crippen LogP contribution < -0.4 is 0 Å². The summed E-state index contributed by atoms with van der Waals surface area (Å²) in [6.45, 7) is 0. The summed E-state index contributed by atoms with van der Waals surface area (Å²) in [5.41, 5.74) is 0.412. The molecule has 1 aromatic carbocycles. The number of carbonyl (C=O) groups is 3. The minimum Gasteiger partial charge on any atom is -0.467 e. The highest BCUT2D eigenvalue weighted by Crippen LogP contribution is 2.29. The lowest BCUT2D eigenvalue weighted by Gasteiger charge is -2.44. The van der Waals surface area contributed by atoms with Gasteiger partial charge in [0, 0.05) is 12.0 Å². The summed E-state index contributed by atoms with van der Waals surface area (Å²) >= 11 is 0. The second-order valence-corrected chi connectivity index (χ2v) is 4.39. The van der Waals surface area contributed by atoms with Gasteiger partial charge in [-0.3, -0.25) is 4.79 Å². The van der Waals surface area contributed by atoms with Crippen LogP contribution in [0.25, 0.3) is 0 Å². The van der Waals surface area contributed by atoms with Gasteiger partial charge in [0.2, 0.25) is 0 Å². The normalized spacial score (nSPS) is 20.8. The van der Waals surface area contributed by atoms with Gasteiger partial charge >= 0.3 is 11.9 Å². The first-order valence-corrected chi connectivity index (χ1v) is 6.13. The smallest absolute Gasteiger partial charge is 0.328 e. The first-order chi connectivity index (χ1) is 9.60. The van der Waals surface area contributed by atoms with Crippen molar-refractivity contribution < 1.29 is 23.9 Å². The predicted octanol–water partition coefficient (Wildman–Crippen LogP) is 0.616. The van der Waals surface area contributed by atoms with Gasteiger partial charge < -0.3 is 14.4 Å². The molecule has 0 saturated carbocycles. The number of methoxy groups -OCH3 is 2. The van der Waals surface area contributed by atoms with E-state index in [1.807, 2.05) is 0 Å². The van der Waals surface area contributed by atoms with Crippen LogP contribution in [0.4, 0.5) is 0 Å². The van der Waals surface area contributed by atoms with Gasteiger partial charge in [-0.25, -0.2) is 9.59 Å². The maximum absolute atomic E-state index is 12.4. The summed E-state index contributed by atoms with van der Waals surface area (Å²) in [6, 6.07) is 6.99. The predicted molar refractivity (Wildman–Crippen MR) is 68.8 cm³/mol. The van der Waals surface area contributed by atoms with Gasteiger partial charge in [0.15, 0.2) is 0 Å². The highest BCUT2D eigenvalue weighted by molar-refractivity contribution is 6.01. The van der Waals surface area contributed by atoms with E-state index in [2.05, 4.69) is 9.47 Å². The first-order valence-electron chi connectivity index (χ1n) is 6.13. The molecule has 0 unspecified atom stereocenters. The van der Waals surface area contributed by atoms with Crippen molar-refractivity contribution in [2.75, 3.05) is 14.2 Å². The van der Waals surface area contributed by atoms with Crippen molar-refractivity contribution in [2.45, 2.75) is 18.5 Å². The molecule has 0 N–H and O–H groups in total. The summed E-state index contributed by atoms with van der Waals surface area (Å²) in [5, 5.41) is 0. The Hall–Kier alpha value is -2.37. The van der Waals surface area contributed by atoms with Crippen molar-refractivity contribution in [3.8, 4) is 0 Å². The van der Waals surface area contributed by atoms with E-state index in [1.54, 1.807) is 30.3 Å². The fourth-order valence-corrected chi connectivity index (χ4v) is 2.22. The monoisotopic (exact) mass is 277 g/mol. The molecule has 106 valence electrons. The minimum absolute atomic E-state index is 0.220. The summed E-state index contributed by atoms with van der Waals surface area (Å²) in [6.07, 6.45) is 0.220. The van der Waals surface area contributed by atoms with Gasteiger partial charge in [0.05, 0.1) is 14.2 Å². The zero-order valence-electron chi connectivity index (χ0n) is 11.2. The molecule has 1 aromatic rings. The molecular formula is C14H15NO5. The van der Waals surface area contributed by atoms with Gasteiger partial charge in [0.25, 0.3) is 5.91 Å². The SMILES string of the molecule is COC(=O)[C@H]1C[C@H](C(=O)OC)N1C(=O)c1ccccc1. The van der Waals surface area contributed by atoms with Crippen LogP contribution in [0, 0.1) is 0 Å². The second-order valence-electron chi connectivity index (χ2n) is 4.39. The Labute approximate surface area is 116 Å². The van der Waals surface area contributed by atoms with Crippen molar-refractivity contribution in [2.24, 2.45) is 0 Å². The lowest BCUT2D eigenvalue weighted by atomic mass is 9.91. The molecule has 0 bridgehead atoms. The zero-order valence-corrected chi connectivity index (χ0v) is 11.2. The fraction of sp³-hybridized carbons (Fsp3) is 0.357. The topological polar surface area (TPSA) is 72.9 Å². The number of ether oxygens (including phenoxy) is 2. The van der Waals surface area contributed by atoms with Crippen LogP contribution >= 0.6 is 0 Å². The third kappa shape index (κ3) is 2.36. The number of hydrogen-bond acceptors (Lipinski definition) is 5. The van der Waals surface area contributed by atoms with Crippen LogP contribution in [-0.2, 0) is 19.1 Å². The van der Waals surface area contributed by atoms with Gasteiger partial charge in [-0.15, -0.1) is 0 Å². The Kier molecular flexibility index (Phi) is 4.02. The van der Waals surface area contributed by atoms with Crippen LogP contribution in [0.5, 0.6) is 0 Å². The van der Waals surface area contributed by atoms with E-state index in [9.17, 15) is 14.4 Å². The molecule has 20 heavy (non-hydrogen) atoms. The molecule has 1 heterocycles. The highest BCUT2D eigenvalue weighted by Gasteiger charge is 2.50. The number of rotatable bonds is 3. The number of benzene rings is 1. The Morgan fingerprint density at radius 1 is 1.00 bits per heavy atom. The lowest BCUT2D eigenvalue weighted by molar-refractivity contribution is -0.163. The van der Waals surface area contributed by atoms with E-state index in [0.717, 1.165) is 0 Å². The average molecular weight is 277 g/mol. The Morgan fingerprint density at radius 3 is 1.95 bits per heavy atom. The van der Waals surface area contributed by atoms with Gasteiger partial charge in [0.1, 0.15) is 12.1 Å². The van der Waals surface area contributed by atoms with E-state index < -0.39 is 24.0 Å². The molecule has 1 amide bonds. The fourth-order valence-electron chi connectivity index (χ4n) is 2.22. The largest absolute Gasteiger partial charge is 0.467 e. The number of likely N-dealkylation sites (tertiary alicyclic amines) is 1. The van der Waals surface area contributed by atoms with Crippen LogP contribution in [0.15, 0.2) is 30.3 Å². The molecule has 1 fully saturated rings. The van der Waals surface area contributed by atoms with E-state index >= 15 is 0 Å². The molecular weight excluding hydrogens is 262 g/mol. The van der Waals surface area contributed by atoms with Crippen LogP contribution in [0.3, 0.4) is 0 Å². The summed E-state index contributed by atoms with van der Waals surface area (Å²) in [5.74, 6) is -1.45. The van der Waals surface area contributed by atoms with E-state index in [0.29, 0.717) is 5.56 Å². The minimum atomic E-state index is -0.739. The molecule has 6 nitrogen and oxygen atoms in total. The molecule has 0 aromatic heterocycles. The Morgan fingerprint density at radius 2 is 1.50 bits per heavy atom. The number of amides is 1. The molecule has 1 aliphatic heterocycles. The van der Waals surface area contributed by atoms with Crippen LogP contribution in [0.1, 0.15) is 16.8 Å². The average Bonchev–Trinajstić information content (AvgIpc) is 2.46. The Balaban J connectivity index is 2.24. The molecule has 0 spiro atoms. The maximum atomic E-state index is 12.4. The first kappa shape index (κ1) is 14.0. The van der Waals surface area contributed by atoms with Crippen LogP contribution in [-0.4, -0.2) is 49.0 Å². The van der Waals surface area contributed by atoms with Crippen molar-refractivity contribution in [1.82, 2.24) is 4.90 Å². The molecule has 1 saturated heterocycles. The number of nitrogens with zero attached hydrogens (tertiary/aromatic N) is 1. The zero-order chi connectivity index (χ0) is 14.7. The molecule has 0 radical (unpaired) electrons. The number of esters is 2. The van der Waals surface area contributed by atoms with Crippen molar-refractivity contribution >= 4 is 17.8 Å². The number of hydrogen-bond donors (Lipinski definition) is 0. The van der Waals surface area contributed by atoms with Gasteiger partial charge in [-0.2, -0.15) is 0 Å². The van der Waals surface area contributed by atoms with Crippen LogP contribution in [0.2, 0.25) is 0 Å². The van der Waals surface area contributed by atoms with Crippen molar-refractivity contribution in [1.29, 1.82) is 0 Å². The summed E-state index contributed by atoms with van der Waals surface area (Å²) < 4.78 is 9.29. The van der Waals surface area contributed by atoms with Crippen molar-refractivity contribution in [3.05, 3.63) is 35.9 Å². The maximum Gasteiger partial charge on any atom is 0.328 e. The van der Waals surface area contributed by atoms with E-state index in [-0.39, 0.29) is 12.3 Å². The number of carbonyl (C=O) groups excluding carboxylic acids is 3. The molecule has 6 heteroatoms. The highest BCUT2D eigenvalue weighted by atomic mass is 16.5. The summed E-state index contributed by atoms with van der Waals surface area (Å²) in [4.78, 5) is 36.9. The lowest BCUT2D eigenvalue weighted by Crippen LogP contribution is -2.65. The standard InChI is InChI=1S/C14H15NO5/c1-19-13(17)10-8-11(14(18)20-2)15(10)12(16)9-6-4-3-5-7-9/h3-7,10-11H,8H2,1-2H3/t10-,11-/m1/s1. The molecule has 2 rings (SSSR count). The van der Waals surface area contributed by atoms with Gasteiger partial charge in [-0.05, 0) is 12.1 Å². The van der Waals surface area contributed by atoms with E-state index in [4.69, 9.17) is 0 Å². The second kappa shape index (κ2) is 5.73. The van der Waals surface area contributed by atoms with Gasteiger partial charge in [-0.1, -0.05) is 18.2 Å². The summed E-state index contributed by atoms with van der Waals surface area (Å²) in [7, 11) is 2.50. The third-order valence-electron chi connectivity index (χ3n) is 3.32.